The number of hydrogen-bond acceptors (Lipinski definition) is 6. The Bertz CT molecular complexity index is 1220. The number of benzene rings is 1. The van der Waals surface area contributed by atoms with Crippen LogP contribution in [0, 0.1) is 5.92 Å². The maximum absolute atomic E-state index is 12.6. The monoisotopic (exact) mass is 533 g/mol. The van der Waals surface area contributed by atoms with Crippen molar-refractivity contribution in [1.82, 2.24) is 15.3 Å². The molecule has 0 aliphatic heterocycles. The topological polar surface area (TPSA) is 122 Å². The predicted octanol–water partition coefficient (Wildman–Crippen LogP) is 6.21. The van der Waals surface area contributed by atoms with Crippen molar-refractivity contribution in [3.05, 3.63) is 60.2 Å². The number of ether oxygens (including phenoxy) is 1. The summed E-state index contributed by atoms with van der Waals surface area (Å²) in [6.07, 6.45) is 5.84. The zero-order valence-electron chi connectivity index (χ0n) is 22.9. The van der Waals surface area contributed by atoms with E-state index in [9.17, 15) is 14.4 Å². The molecule has 2 heterocycles. The fraction of sp³-hybridized carbons (Fsp3) is 0.433. The Balaban J connectivity index is 1.37. The number of anilines is 2. The Morgan fingerprint density at radius 2 is 1.56 bits per heavy atom. The van der Waals surface area contributed by atoms with Crippen molar-refractivity contribution in [2.75, 3.05) is 17.2 Å². The quantitative estimate of drug-likeness (QED) is 0.200. The van der Waals surface area contributed by atoms with Gasteiger partial charge in [0.1, 0.15) is 18.2 Å². The number of carbonyl (C=O) groups is 3. The smallest absolute Gasteiger partial charge is 0.407 e. The molecule has 1 unspecified atom stereocenters. The lowest BCUT2D eigenvalue weighted by atomic mass is 9.98. The van der Waals surface area contributed by atoms with Crippen LogP contribution in [0.4, 0.5) is 16.4 Å². The van der Waals surface area contributed by atoms with Crippen molar-refractivity contribution in [1.29, 1.82) is 0 Å². The molecule has 9 heteroatoms. The lowest BCUT2D eigenvalue weighted by Gasteiger charge is -2.14. The highest BCUT2D eigenvalue weighted by Crippen LogP contribution is 2.19. The van der Waals surface area contributed by atoms with Gasteiger partial charge < -0.3 is 20.7 Å². The van der Waals surface area contributed by atoms with Gasteiger partial charge in [-0.25, -0.2) is 14.8 Å². The summed E-state index contributed by atoms with van der Waals surface area (Å²) in [5.74, 6) is 0.673. The first-order chi connectivity index (χ1) is 19.0. The second-order valence-corrected chi connectivity index (χ2v) is 9.52. The number of aromatic nitrogens is 2. The summed E-state index contributed by atoms with van der Waals surface area (Å²) < 4.78 is 5.18. The first-order valence-corrected chi connectivity index (χ1v) is 13.8. The van der Waals surface area contributed by atoms with Crippen LogP contribution < -0.4 is 16.0 Å². The van der Waals surface area contributed by atoms with Gasteiger partial charge in [-0.2, -0.15) is 0 Å². The maximum Gasteiger partial charge on any atom is 0.407 e. The normalized spacial score (nSPS) is 11.5. The van der Waals surface area contributed by atoms with Crippen LogP contribution in [0.1, 0.15) is 70.8 Å². The van der Waals surface area contributed by atoms with Crippen LogP contribution in [-0.2, 0) is 20.9 Å². The summed E-state index contributed by atoms with van der Waals surface area (Å²) in [4.78, 5) is 45.7. The molecule has 1 atom stereocenters. The molecule has 3 N–H and O–H groups in total. The highest BCUT2D eigenvalue weighted by atomic mass is 16.5. The molecule has 3 rings (SSSR count). The van der Waals surface area contributed by atoms with E-state index in [2.05, 4.69) is 32.8 Å². The summed E-state index contributed by atoms with van der Waals surface area (Å²) in [5.41, 5.74) is 1.39. The standard InChI is InChI=1S/C30H39N5O4/c1-3-5-14-23(4-2)29(37)35-26-19-17-24-16-18-25(33-28(24)34-26)32-27(36)15-10-7-11-20-31-30(38)39-21-22-12-8-6-9-13-22/h6,8-9,12-13,16-19,23H,3-5,7,10-11,14-15,20-21H2,1-2H3,(H,31,38)(H2,32,33,34,35,36,37). The number of nitrogens with one attached hydrogen (secondary N) is 3. The lowest BCUT2D eigenvalue weighted by molar-refractivity contribution is -0.120. The Hall–Kier alpha value is -4.01. The molecule has 39 heavy (non-hydrogen) atoms. The number of amides is 3. The number of hydrogen-bond donors (Lipinski definition) is 3. The maximum atomic E-state index is 12.6. The molecule has 0 aliphatic rings. The summed E-state index contributed by atoms with van der Waals surface area (Å²) in [6.45, 7) is 4.86. The van der Waals surface area contributed by atoms with E-state index < -0.39 is 6.09 Å². The first kappa shape index (κ1) is 29.5. The van der Waals surface area contributed by atoms with Gasteiger partial charge in [0.25, 0.3) is 0 Å². The van der Waals surface area contributed by atoms with E-state index in [1.807, 2.05) is 49.4 Å². The molecule has 0 radical (unpaired) electrons. The van der Waals surface area contributed by atoms with Crippen LogP contribution in [0.2, 0.25) is 0 Å². The van der Waals surface area contributed by atoms with Gasteiger partial charge in [0.2, 0.25) is 11.8 Å². The van der Waals surface area contributed by atoms with E-state index in [1.54, 1.807) is 12.1 Å². The average molecular weight is 534 g/mol. The van der Waals surface area contributed by atoms with E-state index in [1.165, 1.54) is 0 Å². The van der Waals surface area contributed by atoms with Gasteiger partial charge in [-0.3, -0.25) is 9.59 Å². The minimum atomic E-state index is -0.447. The highest BCUT2D eigenvalue weighted by Gasteiger charge is 2.16. The largest absolute Gasteiger partial charge is 0.445 e. The number of carbonyl (C=O) groups excluding carboxylic acids is 3. The van der Waals surface area contributed by atoms with Crippen molar-refractivity contribution in [2.45, 2.75) is 71.8 Å². The van der Waals surface area contributed by atoms with Crippen molar-refractivity contribution >= 4 is 40.6 Å². The fourth-order valence-electron chi connectivity index (χ4n) is 4.09. The number of fused-ring (bicyclic) bond motifs is 1. The summed E-state index contributed by atoms with van der Waals surface area (Å²) in [7, 11) is 0. The second kappa shape index (κ2) is 16.1. The third-order valence-corrected chi connectivity index (χ3v) is 6.40. The Morgan fingerprint density at radius 1 is 0.846 bits per heavy atom. The van der Waals surface area contributed by atoms with Crippen LogP contribution >= 0.6 is 0 Å². The van der Waals surface area contributed by atoms with E-state index in [0.717, 1.165) is 49.5 Å². The van der Waals surface area contributed by atoms with Crippen LogP contribution in [0.3, 0.4) is 0 Å². The van der Waals surface area contributed by atoms with Gasteiger partial charge in [0.05, 0.1) is 0 Å². The van der Waals surface area contributed by atoms with Crippen LogP contribution in [0.5, 0.6) is 0 Å². The Morgan fingerprint density at radius 3 is 2.26 bits per heavy atom. The number of unbranched alkanes of at least 4 members (excludes halogenated alkanes) is 3. The second-order valence-electron chi connectivity index (χ2n) is 9.52. The van der Waals surface area contributed by atoms with Gasteiger partial charge in [-0.1, -0.05) is 63.4 Å². The fourth-order valence-corrected chi connectivity index (χ4v) is 4.09. The van der Waals surface area contributed by atoms with Crippen LogP contribution in [-0.4, -0.2) is 34.4 Å². The Labute approximate surface area is 230 Å². The summed E-state index contributed by atoms with van der Waals surface area (Å²) in [5, 5.41) is 9.27. The molecule has 0 aliphatic carbocycles. The molecule has 3 amide bonds. The summed E-state index contributed by atoms with van der Waals surface area (Å²) >= 11 is 0. The number of pyridine rings is 2. The lowest BCUT2D eigenvalue weighted by Crippen LogP contribution is -2.25. The zero-order chi connectivity index (χ0) is 27.9. The van der Waals surface area contributed by atoms with E-state index in [0.29, 0.717) is 36.7 Å². The minimum absolute atomic E-state index is 0.0264. The van der Waals surface area contributed by atoms with E-state index in [-0.39, 0.29) is 24.3 Å². The number of rotatable bonds is 15. The van der Waals surface area contributed by atoms with Gasteiger partial charge in [0, 0.05) is 24.3 Å². The van der Waals surface area contributed by atoms with E-state index in [4.69, 9.17) is 4.74 Å². The highest BCUT2D eigenvalue weighted by molar-refractivity contribution is 5.93. The summed E-state index contributed by atoms with van der Waals surface area (Å²) in [6, 6.07) is 16.7. The molecule has 9 nitrogen and oxygen atoms in total. The minimum Gasteiger partial charge on any atom is -0.445 e. The van der Waals surface area contributed by atoms with Gasteiger partial charge >= 0.3 is 6.09 Å². The molecule has 0 spiro atoms. The molecular weight excluding hydrogens is 494 g/mol. The van der Waals surface area contributed by atoms with Crippen LogP contribution in [0.25, 0.3) is 11.0 Å². The number of nitrogens with zero attached hydrogens (tertiary/aromatic N) is 2. The molecular formula is C30H39N5O4. The van der Waals surface area contributed by atoms with E-state index >= 15 is 0 Å². The predicted molar refractivity (Wildman–Crippen MR) is 153 cm³/mol. The molecule has 0 saturated carbocycles. The van der Waals surface area contributed by atoms with Crippen molar-refractivity contribution in [2.24, 2.45) is 5.92 Å². The molecule has 0 saturated heterocycles. The van der Waals surface area contributed by atoms with Gasteiger partial charge in [-0.15, -0.1) is 0 Å². The van der Waals surface area contributed by atoms with Crippen molar-refractivity contribution in [3.8, 4) is 0 Å². The third-order valence-electron chi connectivity index (χ3n) is 6.40. The average Bonchev–Trinajstić information content (AvgIpc) is 2.94. The molecule has 0 fully saturated rings. The molecule has 0 bridgehead atoms. The molecule has 2 aromatic heterocycles. The first-order valence-electron chi connectivity index (χ1n) is 13.8. The van der Waals surface area contributed by atoms with Crippen molar-refractivity contribution < 1.29 is 19.1 Å². The van der Waals surface area contributed by atoms with Gasteiger partial charge in [-0.05, 0) is 55.5 Å². The van der Waals surface area contributed by atoms with Gasteiger partial charge in [0.15, 0.2) is 5.65 Å². The third kappa shape index (κ3) is 10.3. The zero-order valence-corrected chi connectivity index (χ0v) is 22.9. The Kier molecular flexibility index (Phi) is 12.2. The molecule has 208 valence electrons. The SMILES string of the molecule is CCCCC(CC)C(=O)Nc1ccc2ccc(NC(=O)CCCCCNC(=O)OCc3ccccc3)nc2n1. The molecule has 3 aromatic rings. The number of alkyl carbamates (subject to hydrolysis) is 1. The van der Waals surface area contributed by atoms with Crippen LogP contribution in [0.15, 0.2) is 54.6 Å². The van der Waals surface area contributed by atoms with Crippen molar-refractivity contribution in [3.63, 3.8) is 0 Å². The molecule has 1 aromatic carbocycles.